The normalized spacial score (nSPS) is 12.4. The first-order chi connectivity index (χ1) is 9.54. The molecule has 1 N–H and O–H groups in total. The lowest BCUT2D eigenvalue weighted by molar-refractivity contribution is 0.543. The van der Waals surface area contributed by atoms with E-state index < -0.39 is 5.82 Å². The van der Waals surface area contributed by atoms with Gasteiger partial charge in [-0.2, -0.15) is 0 Å². The maximum absolute atomic E-state index is 14.1. The summed E-state index contributed by atoms with van der Waals surface area (Å²) >= 11 is 0. The van der Waals surface area contributed by atoms with Crippen LogP contribution < -0.4 is 5.32 Å². The van der Waals surface area contributed by atoms with Crippen LogP contribution in [0, 0.1) is 25.5 Å². The monoisotopic (exact) mass is 275 g/mol. The molecule has 0 radical (unpaired) electrons. The highest BCUT2D eigenvalue weighted by Gasteiger charge is 2.21. The van der Waals surface area contributed by atoms with E-state index in [1.807, 2.05) is 39.0 Å². The fourth-order valence-corrected chi connectivity index (χ4v) is 2.59. The van der Waals surface area contributed by atoms with Crippen molar-refractivity contribution in [2.24, 2.45) is 0 Å². The maximum atomic E-state index is 14.1. The van der Waals surface area contributed by atoms with Crippen molar-refractivity contribution >= 4 is 0 Å². The molecule has 106 valence electrons. The molecule has 0 saturated heterocycles. The summed E-state index contributed by atoms with van der Waals surface area (Å²) < 4.78 is 27.6. The van der Waals surface area contributed by atoms with Crippen molar-refractivity contribution in [3.05, 3.63) is 70.3 Å². The van der Waals surface area contributed by atoms with Crippen LogP contribution in [0.2, 0.25) is 0 Å². The molecule has 1 atom stereocenters. The summed E-state index contributed by atoms with van der Waals surface area (Å²) in [7, 11) is 0. The molecular formula is C17H19F2N. The van der Waals surface area contributed by atoms with Gasteiger partial charge in [0.2, 0.25) is 0 Å². The topological polar surface area (TPSA) is 12.0 Å². The van der Waals surface area contributed by atoms with Gasteiger partial charge in [0, 0.05) is 5.56 Å². The first-order valence-electron chi connectivity index (χ1n) is 6.79. The summed E-state index contributed by atoms with van der Waals surface area (Å²) in [5, 5.41) is 3.26. The third-order valence-corrected chi connectivity index (χ3v) is 3.51. The summed E-state index contributed by atoms with van der Waals surface area (Å²) in [5.41, 5.74) is 3.50. The van der Waals surface area contributed by atoms with Gasteiger partial charge in [0.15, 0.2) is 0 Å². The van der Waals surface area contributed by atoms with Crippen LogP contribution in [0.25, 0.3) is 0 Å². The quantitative estimate of drug-likeness (QED) is 0.878. The molecule has 0 aliphatic heterocycles. The highest BCUT2D eigenvalue weighted by molar-refractivity contribution is 5.42. The van der Waals surface area contributed by atoms with E-state index in [4.69, 9.17) is 0 Å². The molecule has 0 aliphatic rings. The Morgan fingerprint density at radius 2 is 1.70 bits per heavy atom. The predicted octanol–water partition coefficient (Wildman–Crippen LogP) is 4.28. The lowest BCUT2D eigenvalue weighted by Gasteiger charge is -2.23. The zero-order chi connectivity index (χ0) is 14.7. The smallest absolute Gasteiger partial charge is 0.128 e. The van der Waals surface area contributed by atoms with Gasteiger partial charge in [0.1, 0.15) is 11.6 Å². The molecule has 0 aliphatic carbocycles. The molecule has 0 aromatic heterocycles. The lowest BCUT2D eigenvalue weighted by Crippen LogP contribution is -2.24. The molecule has 2 rings (SSSR count). The standard InChI is InChI=1S/C17H19F2N/c1-4-20-17(14-10-13(18)8-9-15(14)19)16-11(2)6-5-7-12(16)3/h5-10,17,20H,4H2,1-3H3. The first kappa shape index (κ1) is 14.7. The molecule has 2 aromatic rings. The van der Waals surface area contributed by atoms with Crippen LogP contribution >= 0.6 is 0 Å². The van der Waals surface area contributed by atoms with E-state index in [9.17, 15) is 8.78 Å². The Bertz CT molecular complexity index is 588. The Kier molecular flexibility index (Phi) is 4.50. The molecule has 3 heteroatoms. The van der Waals surface area contributed by atoms with E-state index in [1.165, 1.54) is 12.1 Å². The van der Waals surface area contributed by atoms with Gasteiger partial charge in [-0.05, 0) is 55.3 Å². The average Bonchev–Trinajstić information content (AvgIpc) is 2.40. The summed E-state index contributed by atoms with van der Waals surface area (Å²) in [6, 6.07) is 9.22. The molecular weight excluding hydrogens is 256 g/mol. The van der Waals surface area contributed by atoms with Crippen molar-refractivity contribution in [3.63, 3.8) is 0 Å². The van der Waals surface area contributed by atoms with Crippen LogP contribution in [0.4, 0.5) is 8.78 Å². The van der Waals surface area contributed by atoms with E-state index in [2.05, 4.69) is 5.32 Å². The predicted molar refractivity (Wildman–Crippen MR) is 77.8 cm³/mol. The van der Waals surface area contributed by atoms with E-state index in [0.717, 1.165) is 22.8 Å². The Hall–Kier alpha value is -1.74. The minimum atomic E-state index is -0.421. The molecule has 0 fully saturated rings. The van der Waals surface area contributed by atoms with Crippen molar-refractivity contribution in [2.75, 3.05) is 6.54 Å². The van der Waals surface area contributed by atoms with Gasteiger partial charge in [0.25, 0.3) is 0 Å². The van der Waals surface area contributed by atoms with E-state index in [0.29, 0.717) is 12.1 Å². The van der Waals surface area contributed by atoms with E-state index in [1.54, 1.807) is 0 Å². The van der Waals surface area contributed by atoms with Crippen molar-refractivity contribution in [1.82, 2.24) is 5.32 Å². The summed E-state index contributed by atoms with van der Waals surface area (Å²) in [5.74, 6) is -0.810. The summed E-state index contributed by atoms with van der Waals surface area (Å²) in [6.07, 6.45) is 0. The van der Waals surface area contributed by atoms with Crippen molar-refractivity contribution < 1.29 is 8.78 Å². The maximum Gasteiger partial charge on any atom is 0.128 e. The van der Waals surface area contributed by atoms with Crippen LogP contribution in [-0.2, 0) is 0 Å². The third-order valence-electron chi connectivity index (χ3n) is 3.51. The van der Waals surface area contributed by atoms with E-state index in [-0.39, 0.29) is 11.9 Å². The second-order valence-electron chi connectivity index (χ2n) is 4.96. The zero-order valence-electron chi connectivity index (χ0n) is 12.0. The molecule has 0 heterocycles. The summed E-state index contributed by atoms with van der Waals surface area (Å²) in [6.45, 7) is 6.61. The first-order valence-corrected chi connectivity index (χ1v) is 6.79. The average molecular weight is 275 g/mol. The van der Waals surface area contributed by atoms with Gasteiger partial charge < -0.3 is 5.32 Å². The van der Waals surface area contributed by atoms with Crippen LogP contribution in [-0.4, -0.2) is 6.54 Å². The highest BCUT2D eigenvalue weighted by atomic mass is 19.1. The van der Waals surface area contributed by atoms with E-state index >= 15 is 0 Å². The molecule has 1 unspecified atom stereocenters. The minimum Gasteiger partial charge on any atom is -0.306 e. The van der Waals surface area contributed by atoms with Crippen LogP contribution in [0.3, 0.4) is 0 Å². The Morgan fingerprint density at radius 3 is 2.30 bits per heavy atom. The van der Waals surface area contributed by atoms with Crippen LogP contribution in [0.15, 0.2) is 36.4 Å². The number of hydrogen-bond donors (Lipinski definition) is 1. The minimum absolute atomic E-state index is 0.336. The number of benzene rings is 2. The van der Waals surface area contributed by atoms with Gasteiger partial charge in [-0.1, -0.05) is 25.1 Å². The number of hydrogen-bond acceptors (Lipinski definition) is 1. The fourth-order valence-electron chi connectivity index (χ4n) is 2.59. The van der Waals surface area contributed by atoms with Crippen molar-refractivity contribution in [3.8, 4) is 0 Å². The lowest BCUT2D eigenvalue weighted by atomic mass is 9.91. The number of rotatable bonds is 4. The number of halogens is 2. The third kappa shape index (κ3) is 2.88. The van der Waals surface area contributed by atoms with Crippen LogP contribution in [0.5, 0.6) is 0 Å². The molecule has 1 nitrogen and oxygen atoms in total. The van der Waals surface area contributed by atoms with Gasteiger partial charge in [-0.3, -0.25) is 0 Å². The SMILES string of the molecule is CCNC(c1cc(F)ccc1F)c1c(C)cccc1C. The van der Waals surface area contributed by atoms with Crippen molar-refractivity contribution in [1.29, 1.82) is 0 Å². The highest BCUT2D eigenvalue weighted by Crippen LogP contribution is 2.29. The Morgan fingerprint density at radius 1 is 1.05 bits per heavy atom. The number of aryl methyl sites for hydroxylation is 2. The second-order valence-corrected chi connectivity index (χ2v) is 4.96. The number of nitrogens with one attached hydrogen (secondary N) is 1. The molecule has 0 spiro atoms. The van der Waals surface area contributed by atoms with Gasteiger partial charge in [-0.15, -0.1) is 0 Å². The fraction of sp³-hybridized carbons (Fsp3) is 0.294. The Labute approximate surface area is 118 Å². The van der Waals surface area contributed by atoms with Crippen molar-refractivity contribution in [2.45, 2.75) is 26.8 Å². The molecule has 0 bridgehead atoms. The molecule has 0 amide bonds. The Balaban J connectivity index is 2.59. The second kappa shape index (κ2) is 6.14. The van der Waals surface area contributed by atoms with Crippen LogP contribution in [0.1, 0.15) is 35.2 Å². The summed E-state index contributed by atoms with van der Waals surface area (Å²) in [4.78, 5) is 0. The van der Waals surface area contributed by atoms with Gasteiger partial charge >= 0.3 is 0 Å². The molecule has 0 saturated carbocycles. The largest absolute Gasteiger partial charge is 0.306 e. The zero-order valence-corrected chi connectivity index (χ0v) is 12.0. The van der Waals surface area contributed by atoms with Gasteiger partial charge in [0.05, 0.1) is 6.04 Å². The molecule has 20 heavy (non-hydrogen) atoms. The van der Waals surface area contributed by atoms with Gasteiger partial charge in [-0.25, -0.2) is 8.78 Å². The molecule has 2 aromatic carbocycles.